The smallest absolute Gasteiger partial charge is 0.329 e. The van der Waals surface area contributed by atoms with Crippen LogP contribution in [0.1, 0.15) is 53.0 Å². The molecule has 0 bridgehead atoms. The molecule has 1 fully saturated rings. The van der Waals surface area contributed by atoms with Crippen molar-refractivity contribution in [2.45, 2.75) is 37.6 Å². The second-order valence-corrected chi connectivity index (χ2v) is 5.56. The molecule has 7 nitrogen and oxygen atoms in total. The summed E-state index contributed by atoms with van der Waals surface area (Å²) in [4.78, 5) is 40.4. The lowest BCUT2D eigenvalue weighted by Gasteiger charge is -2.40. The van der Waals surface area contributed by atoms with Crippen LogP contribution >= 0.6 is 0 Å². The van der Waals surface area contributed by atoms with Gasteiger partial charge < -0.3 is 15.7 Å². The Hall–Kier alpha value is -2.44. The van der Waals surface area contributed by atoms with Gasteiger partial charge in [0.05, 0.1) is 5.56 Å². The molecule has 0 unspecified atom stereocenters. The lowest BCUT2D eigenvalue weighted by Crippen LogP contribution is -2.56. The van der Waals surface area contributed by atoms with E-state index in [1.54, 1.807) is 0 Å². The van der Waals surface area contributed by atoms with Gasteiger partial charge in [0.2, 0.25) is 5.91 Å². The van der Waals surface area contributed by atoms with Gasteiger partial charge in [-0.1, -0.05) is 19.3 Å². The Morgan fingerprint density at radius 1 is 1.23 bits per heavy atom. The van der Waals surface area contributed by atoms with E-state index in [-0.39, 0.29) is 11.3 Å². The quantitative estimate of drug-likeness (QED) is 0.862. The Balaban J connectivity index is 2.26. The van der Waals surface area contributed by atoms with E-state index >= 15 is 0 Å². The van der Waals surface area contributed by atoms with Crippen LogP contribution in [0.5, 0.6) is 0 Å². The average Bonchev–Trinajstić information content (AvgIpc) is 2.54. The number of rotatable bonds is 4. The van der Waals surface area contributed by atoms with Gasteiger partial charge in [0.15, 0.2) is 0 Å². The van der Waals surface area contributed by atoms with E-state index in [2.05, 4.69) is 4.98 Å². The summed E-state index contributed by atoms with van der Waals surface area (Å²) in [6, 6.07) is 2.79. The van der Waals surface area contributed by atoms with Gasteiger partial charge in [-0.15, -0.1) is 0 Å². The number of nitrogens with zero attached hydrogens (tertiary/aromatic N) is 2. The average molecular weight is 305 g/mol. The molecule has 0 spiro atoms. The van der Waals surface area contributed by atoms with Crippen molar-refractivity contribution < 1.29 is 19.5 Å². The molecule has 0 aromatic carbocycles. The van der Waals surface area contributed by atoms with Crippen LogP contribution in [-0.2, 0) is 4.79 Å². The standard InChI is InChI=1S/C15H19N3O4/c1-18(15(14(21)22)7-3-2-4-8-15)13(20)11-6-5-10(9-17-11)12(16)19/h5-6,9H,2-4,7-8H2,1H3,(H2,16,19)(H,21,22). The molecule has 1 aromatic rings. The largest absolute Gasteiger partial charge is 0.479 e. The summed E-state index contributed by atoms with van der Waals surface area (Å²) in [5.74, 6) is -2.09. The van der Waals surface area contributed by atoms with Gasteiger partial charge in [-0.3, -0.25) is 14.6 Å². The van der Waals surface area contributed by atoms with E-state index in [4.69, 9.17) is 5.73 Å². The van der Waals surface area contributed by atoms with Crippen LogP contribution in [0.4, 0.5) is 0 Å². The highest BCUT2D eigenvalue weighted by molar-refractivity contribution is 5.97. The highest BCUT2D eigenvalue weighted by Gasteiger charge is 2.45. The molecular formula is C15H19N3O4. The molecule has 1 aliphatic carbocycles. The first-order valence-corrected chi connectivity index (χ1v) is 7.16. The van der Waals surface area contributed by atoms with Crippen LogP contribution in [0.3, 0.4) is 0 Å². The second-order valence-electron chi connectivity index (χ2n) is 5.56. The molecule has 0 atom stereocenters. The highest BCUT2D eigenvalue weighted by atomic mass is 16.4. The van der Waals surface area contributed by atoms with E-state index < -0.39 is 23.3 Å². The Morgan fingerprint density at radius 2 is 1.86 bits per heavy atom. The molecule has 0 radical (unpaired) electrons. The van der Waals surface area contributed by atoms with E-state index in [1.165, 1.54) is 30.3 Å². The Labute approximate surface area is 128 Å². The Kier molecular flexibility index (Phi) is 4.44. The molecule has 0 aliphatic heterocycles. The third-order valence-electron chi connectivity index (χ3n) is 4.29. The van der Waals surface area contributed by atoms with Crippen molar-refractivity contribution in [3.05, 3.63) is 29.6 Å². The number of carboxylic acid groups (broad SMARTS) is 1. The van der Waals surface area contributed by atoms with Crippen molar-refractivity contribution in [2.24, 2.45) is 5.73 Å². The number of amides is 2. The molecule has 1 heterocycles. The molecular weight excluding hydrogens is 286 g/mol. The number of likely N-dealkylation sites (N-methyl/N-ethyl adjacent to an activating group) is 1. The van der Waals surface area contributed by atoms with Crippen molar-refractivity contribution in [1.82, 2.24) is 9.88 Å². The fourth-order valence-corrected chi connectivity index (χ4v) is 2.86. The van der Waals surface area contributed by atoms with Crippen LogP contribution < -0.4 is 5.73 Å². The molecule has 2 amide bonds. The van der Waals surface area contributed by atoms with Crippen molar-refractivity contribution >= 4 is 17.8 Å². The number of carbonyl (C=O) groups is 3. The molecule has 1 saturated carbocycles. The maximum atomic E-state index is 12.5. The molecule has 1 aliphatic rings. The monoisotopic (exact) mass is 305 g/mol. The van der Waals surface area contributed by atoms with Crippen molar-refractivity contribution in [2.75, 3.05) is 7.05 Å². The van der Waals surface area contributed by atoms with Gasteiger partial charge >= 0.3 is 5.97 Å². The third kappa shape index (κ3) is 2.79. The normalized spacial score (nSPS) is 16.8. The van der Waals surface area contributed by atoms with Gasteiger partial charge in [0.1, 0.15) is 11.2 Å². The van der Waals surface area contributed by atoms with E-state index in [0.29, 0.717) is 12.8 Å². The molecule has 7 heteroatoms. The zero-order valence-corrected chi connectivity index (χ0v) is 12.4. The summed E-state index contributed by atoms with van der Waals surface area (Å²) in [6.45, 7) is 0. The molecule has 2 rings (SSSR count). The van der Waals surface area contributed by atoms with Crippen LogP contribution in [0.25, 0.3) is 0 Å². The first-order chi connectivity index (χ1) is 10.4. The molecule has 3 N–H and O–H groups in total. The van der Waals surface area contributed by atoms with Gasteiger partial charge in [-0.05, 0) is 25.0 Å². The van der Waals surface area contributed by atoms with Gasteiger partial charge in [0, 0.05) is 13.2 Å². The lowest BCUT2D eigenvalue weighted by molar-refractivity contribution is -0.151. The van der Waals surface area contributed by atoms with Gasteiger partial charge in [0.25, 0.3) is 5.91 Å². The van der Waals surface area contributed by atoms with Gasteiger partial charge in [-0.25, -0.2) is 4.79 Å². The number of aromatic nitrogens is 1. The Morgan fingerprint density at radius 3 is 2.32 bits per heavy atom. The minimum Gasteiger partial charge on any atom is -0.479 e. The molecule has 22 heavy (non-hydrogen) atoms. The van der Waals surface area contributed by atoms with Crippen molar-refractivity contribution in [1.29, 1.82) is 0 Å². The zero-order chi connectivity index (χ0) is 16.3. The fraction of sp³-hybridized carbons (Fsp3) is 0.467. The van der Waals surface area contributed by atoms with Crippen LogP contribution in [0, 0.1) is 0 Å². The maximum Gasteiger partial charge on any atom is 0.329 e. The number of pyridine rings is 1. The van der Waals surface area contributed by atoms with Crippen molar-refractivity contribution in [3.8, 4) is 0 Å². The van der Waals surface area contributed by atoms with Gasteiger partial charge in [-0.2, -0.15) is 0 Å². The fourth-order valence-electron chi connectivity index (χ4n) is 2.86. The summed E-state index contributed by atoms with van der Waals surface area (Å²) in [5, 5.41) is 9.60. The van der Waals surface area contributed by atoms with Crippen molar-refractivity contribution in [3.63, 3.8) is 0 Å². The second kappa shape index (κ2) is 6.13. The predicted octanol–water partition coefficient (Wildman–Crippen LogP) is 1.04. The summed E-state index contributed by atoms with van der Waals surface area (Å²) < 4.78 is 0. The molecule has 118 valence electrons. The molecule has 0 saturated heterocycles. The summed E-state index contributed by atoms with van der Waals surface area (Å²) in [7, 11) is 1.49. The number of aliphatic carboxylic acids is 1. The van der Waals surface area contributed by atoms with Crippen LogP contribution in [0.15, 0.2) is 18.3 Å². The first kappa shape index (κ1) is 15.9. The maximum absolute atomic E-state index is 12.5. The van der Waals surface area contributed by atoms with E-state index in [1.807, 2.05) is 0 Å². The molecule has 1 aromatic heterocycles. The highest BCUT2D eigenvalue weighted by Crippen LogP contribution is 2.34. The third-order valence-corrected chi connectivity index (χ3v) is 4.29. The summed E-state index contributed by atoms with van der Waals surface area (Å²) in [6.07, 6.45) is 4.62. The lowest BCUT2D eigenvalue weighted by atomic mass is 9.80. The number of hydrogen-bond donors (Lipinski definition) is 2. The number of nitrogens with two attached hydrogens (primary N) is 1. The SMILES string of the molecule is CN(C(=O)c1ccc(C(N)=O)cn1)C1(C(=O)O)CCCCC1. The number of carbonyl (C=O) groups excluding carboxylic acids is 2. The van der Waals surface area contributed by atoms with Crippen LogP contribution in [0.2, 0.25) is 0 Å². The number of primary amides is 1. The number of hydrogen-bond acceptors (Lipinski definition) is 4. The van der Waals surface area contributed by atoms with E-state index in [0.717, 1.165) is 19.3 Å². The number of carboxylic acids is 1. The van der Waals surface area contributed by atoms with Crippen LogP contribution in [-0.4, -0.2) is 45.4 Å². The minimum absolute atomic E-state index is 0.0960. The topological polar surface area (TPSA) is 114 Å². The Bertz CT molecular complexity index is 591. The van der Waals surface area contributed by atoms with E-state index in [9.17, 15) is 19.5 Å². The minimum atomic E-state index is -1.18. The zero-order valence-electron chi connectivity index (χ0n) is 12.4. The summed E-state index contributed by atoms with van der Waals surface area (Å²) in [5.41, 5.74) is 4.24. The predicted molar refractivity (Wildman–Crippen MR) is 78.3 cm³/mol. The first-order valence-electron chi connectivity index (χ1n) is 7.16. The summed E-state index contributed by atoms with van der Waals surface area (Å²) >= 11 is 0.